The molecule has 0 saturated heterocycles. The van der Waals surface area contributed by atoms with Crippen molar-refractivity contribution in [3.63, 3.8) is 0 Å². The molecule has 0 aliphatic rings. The van der Waals surface area contributed by atoms with Crippen molar-refractivity contribution in [2.45, 2.75) is 12.8 Å². The Morgan fingerprint density at radius 1 is 1.60 bits per heavy atom. The van der Waals surface area contributed by atoms with Crippen LogP contribution in [0, 0.1) is 0 Å². The van der Waals surface area contributed by atoms with Crippen molar-refractivity contribution in [1.29, 1.82) is 0 Å². The second-order valence-corrected chi connectivity index (χ2v) is 1.56. The molecule has 0 nitrogen and oxygen atoms in total. The Morgan fingerprint density at radius 2 is 2.20 bits per heavy atom. The standard InChI is InChI=1S/C7H7F3/c1-2-3-6(8)4-5-7(9)10/h3-4,7H,1,5H2. The van der Waals surface area contributed by atoms with Gasteiger partial charge in [0.1, 0.15) is 5.83 Å². The zero-order valence-corrected chi connectivity index (χ0v) is 5.28. The average molecular weight is 148 g/mol. The third-order valence-corrected chi connectivity index (χ3v) is 0.731. The molecule has 0 saturated carbocycles. The van der Waals surface area contributed by atoms with E-state index in [0.717, 1.165) is 12.2 Å². The van der Waals surface area contributed by atoms with E-state index in [2.05, 4.69) is 12.3 Å². The number of allylic oxidation sites excluding steroid dienone is 3. The third-order valence-electron chi connectivity index (χ3n) is 0.731. The molecule has 0 fully saturated rings. The van der Waals surface area contributed by atoms with Crippen molar-refractivity contribution in [3.05, 3.63) is 30.3 Å². The molecular weight excluding hydrogens is 141 g/mol. The van der Waals surface area contributed by atoms with E-state index in [0.29, 0.717) is 0 Å². The fraction of sp³-hybridized carbons (Fsp3) is 0.286. The molecule has 0 aromatic heterocycles. The maximum absolute atomic E-state index is 12.1. The van der Waals surface area contributed by atoms with Gasteiger partial charge in [0.05, 0.1) is 0 Å². The zero-order chi connectivity index (χ0) is 7.98. The van der Waals surface area contributed by atoms with Crippen molar-refractivity contribution < 1.29 is 13.2 Å². The molecular formula is C7H7F3. The Kier molecular flexibility index (Phi) is 4.42. The Balaban J connectivity index is 3.80. The first-order valence-corrected chi connectivity index (χ1v) is 2.66. The molecule has 0 heterocycles. The molecule has 0 amide bonds. The minimum Gasteiger partial charge on any atom is -0.210 e. The molecule has 0 unspecified atom stereocenters. The molecule has 0 spiro atoms. The SMILES string of the molecule is C=C=CC(F)=CCC(F)F. The monoisotopic (exact) mass is 148 g/mol. The van der Waals surface area contributed by atoms with Crippen LogP contribution in [0.15, 0.2) is 30.3 Å². The molecule has 0 aromatic carbocycles. The van der Waals surface area contributed by atoms with E-state index in [9.17, 15) is 13.2 Å². The molecule has 10 heavy (non-hydrogen) atoms. The smallest absolute Gasteiger partial charge is 0.210 e. The van der Waals surface area contributed by atoms with Gasteiger partial charge in [0.2, 0.25) is 6.43 Å². The lowest BCUT2D eigenvalue weighted by molar-refractivity contribution is 0.151. The summed E-state index contributed by atoms with van der Waals surface area (Å²) in [7, 11) is 0. The molecule has 56 valence electrons. The van der Waals surface area contributed by atoms with E-state index in [1.165, 1.54) is 0 Å². The minimum absolute atomic E-state index is 0.565. The topological polar surface area (TPSA) is 0 Å². The quantitative estimate of drug-likeness (QED) is 0.426. The number of halogens is 3. The van der Waals surface area contributed by atoms with Crippen LogP contribution in [0.5, 0.6) is 0 Å². The van der Waals surface area contributed by atoms with Gasteiger partial charge in [-0.2, -0.15) is 0 Å². The summed E-state index contributed by atoms with van der Waals surface area (Å²) < 4.78 is 34.9. The third kappa shape index (κ3) is 5.19. The summed E-state index contributed by atoms with van der Waals surface area (Å²) in [4.78, 5) is 0. The molecule has 3 heteroatoms. The van der Waals surface area contributed by atoms with Gasteiger partial charge in [0.15, 0.2) is 0 Å². The van der Waals surface area contributed by atoms with Crippen LogP contribution in [0.1, 0.15) is 6.42 Å². The highest BCUT2D eigenvalue weighted by molar-refractivity contribution is 5.09. The van der Waals surface area contributed by atoms with Crippen LogP contribution < -0.4 is 0 Å². The van der Waals surface area contributed by atoms with Crippen molar-refractivity contribution in [2.75, 3.05) is 0 Å². The highest BCUT2D eigenvalue weighted by atomic mass is 19.3. The highest BCUT2D eigenvalue weighted by Crippen LogP contribution is 2.05. The largest absolute Gasteiger partial charge is 0.242 e. The van der Waals surface area contributed by atoms with E-state index in [1.807, 2.05) is 0 Å². The summed E-state index contributed by atoms with van der Waals surface area (Å²) in [5, 5.41) is 0. The summed E-state index contributed by atoms with van der Waals surface area (Å²) in [5.41, 5.74) is 2.13. The van der Waals surface area contributed by atoms with Gasteiger partial charge >= 0.3 is 0 Å². The Morgan fingerprint density at radius 3 is 2.60 bits per heavy atom. The Bertz CT molecular complexity index is 164. The van der Waals surface area contributed by atoms with Crippen LogP contribution in [0.25, 0.3) is 0 Å². The van der Waals surface area contributed by atoms with Crippen molar-refractivity contribution >= 4 is 0 Å². The number of alkyl halides is 2. The minimum atomic E-state index is -2.50. The predicted molar refractivity (Wildman–Crippen MR) is 33.5 cm³/mol. The maximum Gasteiger partial charge on any atom is 0.242 e. The normalized spacial score (nSPS) is 11.4. The van der Waals surface area contributed by atoms with E-state index in [1.54, 1.807) is 0 Å². The first-order chi connectivity index (χ1) is 4.66. The van der Waals surface area contributed by atoms with Gasteiger partial charge in [-0.3, -0.25) is 0 Å². The zero-order valence-electron chi connectivity index (χ0n) is 5.28. The fourth-order valence-corrected chi connectivity index (χ4v) is 0.358. The van der Waals surface area contributed by atoms with Crippen molar-refractivity contribution in [2.24, 2.45) is 0 Å². The molecule has 0 bridgehead atoms. The number of rotatable bonds is 3. The van der Waals surface area contributed by atoms with Crippen LogP contribution in [-0.2, 0) is 0 Å². The number of hydrogen-bond acceptors (Lipinski definition) is 0. The van der Waals surface area contributed by atoms with Gasteiger partial charge in [-0.15, -0.1) is 5.73 Å². The van der Waals surface area contributed by atoms with Crippen LogP contribution in [0.2, 0.25) is 0 Å². The molecule has 0 radical (unpaired) electrons. The van der Waals surface area contributed by atoms with Crippen LogP contribution in [0.3, 0.4) is 0 Å². The van der Waals surface area contributed by atoms with Crippen molar-refractivity contribution in [3.8, 4) is 0 Å². The van der Waals surface area contributed by atoms with Gasteiger partial charge in [-0.1, -0.05) is 6.58 Å². The lowest BCUT2D eigenvalue weighted by Gasteiger charge is -1.88. The Labute approximate surface area is 57.4 Å². The maximum atomic E-state index is 12.1. The molecule has 0 atom stereocenters. The van der Waals surface area contributed by atoms with Gasteiger partial charge in [-0.05, 0) is 6.08 Å². The van der Waals surface area contributed by atoms with Gasteiger partial charge in [0, 0.05) is 12.5 Å². The van der Waals surface area contributed by atoms with Crippen LogP contribution in [0.4, 0.5) is 13.2 Å². The van der Waals surface area contributed by atoms with E-state index >= 15 is 0 Å². The van der Waals surface area contributed by atoms with Gasteiger partial charge in [0.25, 0.3) is 0 Å². The fourth-order valence-electron chi connectivity index (χ4n) is 0.358. The molecule has 0 aromatic rings. The summed E-state index contributed by atoms with van der Waals surface area (Å²) in [6, 6.07) is 0. The lowest BCUT2D eigenvalue weighted by Crippen LogP contribution is -1.85. The van der Waals surface area contributed by atoms with Gasteiger partial charge < -0.3 is 0 Å². The second-order valence-electron chi connectivity index (χ2n) is 1.56. The number of hydrogen-bond donors (Lipinski definition) is 0. The van der Waals surface area contributed by atoms with Gasteiger partial charge in [-0.25, -0.2) is 13.2 Å². The average Bonchev–Trinajstić information content (AvgIpc) is 1.85. The lowest BCUT2D eigenvalue weighted by atomic mass is 10.3. The summed E-state index contributed by atoms with van der Waals surface area (Å²) in [6.45, 7) is 3.08. The Hall–Kier alpha value is -0.950. The highest BCUT2D eigenvalue weighted by Gasteiger charge is 1.98. The van der Waals surface area contributed by atoms with Crippen molar-refractivity contribution in [1.82, 2.24) is 0 Å². The second kappa shape index (κ2) is 4.89. The molecule has 0 aliphatic heterocycles. The van der Waals surface area contributed by atoms with E-state index in [4.69, 9.17) is 0 Å². The molecule has 0 N–H and O–H groups in total. The first-order valence-electron chi connectivity index (χ1n) is 2.66. The molecule has 0 rings (SSSR count). The van der Waals surface area contributed by atoms with Crippen LogP contribution >= 0.6 is 0 Å². The van der Waals surface area contributed by atoms with Crippen LogP contribution in [-0.4, -0.2) is 6.43 Å². The summed E-state index contributed by atoms with van der Waals surface area (Å²) in [6.07, 6.45) is -1.36. The predicted octanol–water partition coefficient (Wildman–Crippen LogP) is 2.84. The van der Waals surface area contributed by atoms with E-state index in [-0.39, 0.29) is 0 Å². The summed E-state index contributed by atoms with van der Waals surface area (Å²) in [5.74, 6) is -0.727. The molecule has 0 aliphatic carbocycles. The van der Waals surface area contributed by atoms with E-state index < -0.39 is 18.7 Å². The first kappa shape index (κ1) is 9.05. The summed E-state index contributed by atoms with van der Waals surface area (Å²) >= 11 is 0.